The molecule has 0 spiro atoms. The first kappa shape index (κ1) is 31.5. The van der Waals surface area contributed by atoms with Crippen LogP contribution in [0.1, 0.15) is 0 Å². The Morgan fingerprint density at radius 2 is 0.879 bits per heavy atom. The van der Waals surface area contributed by atoms with Crippen molar-refractivity contribution < 1.29 is 0 Å². The van der Waals surface area contributed by atoms with E-state index in [0.29, 0.717) is 0 Å². The molecule has 58 heavy (non-hydrogen) atoms. The maximum absolute atomic E-state index is 2.50. The highest BCUT2D eigenvalue weighted by Crippen LogP contribution is 2.48. The van der Waals surface area contributed by atoms with Crippen LogP contribution >= 0.6 is 0 Å². The van der Waals surface area contributed by atoms with Crippen molar-refractivity contribution in [2.24, 2.45) is 0 Å². The number of rotatable bonds is 4. The van der Waals surface area contributed by atoms with E-state index in [9.17, 15) is 0 Å². The third kappa shape index (κ3) is 4.43. The number of benzene rings is 10. The number of aromatic nitrogens is 2. The van der Waals surface area contributed by atoms with Crippen molar-refractivity contribution >= 4 is 65.2 Å². The van der Waals surface area contributed by atoms with Crippen LogP contribution in [0.5, 0.6) is 0 Å². The first-order chi connectivity index (χ1) is 28.8. The molecule has 2 heteroatoms. The average molecular weight is 735 g/mol. The van der Waals surface area contributed by atoms with Gasteiger partial charge in [-0.05, 0) is 115 Å². The van der Waals surface area contributed by atoms with E-state index in [4.69, 9.17) is 0 Å². The average Bonchev–Trinajstić information content (AvgIpc) is 3.93. The lowest BCUT2D eigenvalue weighted by Crippen LogP contribution is -1.95. The first-order valence-corrected chi connectivity index (χ1v) is 20.1. The van der Waals surface area contributed by atoms with Crippen molar-refractivity contribution in [3.63, 3.8) is 0 Å². The Bertz CT molecular complexity index is 3670. The van der Waals surface area contributed by atoms with Gasteiger partial charge in [-0.3, -0.25) is 0 Å². The molecule has 0 aliphatic heterocycles. The molecule has 0 radical (unpaired) electrons. The van der Waals surface area contributed by atoms with Gasteiger partial charge in [0.2, 0.25) is 0 Å². The second-order valence-electron chi connectivity index (χ2n) is 15.7. The molecule has 2 aromatic heterocycles. The highest BCUT2D eigenvalue weighted by molar-refractivity contribution is 6.20. The van der Waals surface area contributed by atoms with Gasteiger partial charge in [0, 0.05) is 38.3 Å². The Labute approximate surface area is 335 Å². The van der Waals surface area contributed by atoms with E-state index in [2.05, 4.69) is 215 Å². The van der Waals surface area contributed by atoms with Gasteiger partial charge in [-0.25, -0.2) is 0 Å². The van der Waals surface area contributed by atoms with Gasteiger partial charge in [-0.15, -0.1) is 0 Å². The van der Waals surface area contributed by atoms with Crippen LogP contribution in [-0.2, 0) is 0 Å². The molecule has 13 rings (SSSR count). The minimum atomic E-state index is 1.15. The van der Waals surface area contributed by atoms with Crippen molar-refractivity contribution in [3.8, 4) is 55.9 Å². The zero-order valence-corrected chi connectivity index (χ0v) is 31.5. The SMILES string of the molecule is c1ccc(-n2c3ccccc3c3cc(-c4ccc5c6ccc7ccccc7c6n(-c6cccc(-c7ccc8c(c7)-c7cccc9cccc-8c79)c6)c5c4)ccc32)cc1. The normalized spacial score (nSPS) is 12.1. The number of nitrogens with zero attached hydrogens (tertiary/aromatic N) is 2. The van der Waals surface area contributed by atoms with Gasteiger partial charge in [0.1, 0.15) is 0 Å². The molecule has 0 atom stereocenters. The number of hydrogen-bond donors (Lipinski definition) is 0. The van der Waals surface area contributed by atoms with E-state index in [1.807, 2.05) is 0 Å². The summed E-state index contributed by atoms with van der Waals surface area (Å²) in [5, 5.41) is 10.2. The van der Waals surface area contributed by atoms with Gasteiger partial charge in [0.25, 0.3) is 0 Å². The summed E-state index contributed by atoms with van der Waals surface area (Å²) in [6, 6.07) is 76.3. The van der Waals surface area contributed by atoms with E-state index in [1.54, 1.807) is 0 Å². The van der Waals surface area contributed by atoms with Gasteiger partial charge in [0.05, 0.1) is 22.1 Å². The molecular formula is C56H34N2. The van der Waals surface area contributed by atoms with Crippen molar-refractivity contribution in [2.45, 2.75) is 0 Å². The lowest BCUT2D eigenvalue weighted by atomic mass is 9.97. The zero-order valence-electron chi connectivity index (χ0n) is 31.5. The summed E-state index contributed by atoms with van der Waals surface area (Å²) in [6.45, 7) is 0. The van der Waals surface area contributed by atoms with E-state index in [1.165, 1.54) is 115 Å². The Balaban J connectivity index is 1.01. The van der Waals surface area contributed by atoms with E-state index >= 15 is 0 Å². The van der Waals surface area contributed by atoms with Crippen LogP contribution < -0.4 is 0 Å². The van der Waals surface area contributed by atoms with Crippen LogP contribution in [0, 0.1) is 0 Å². The fraction of sp³-hybridized carbons (Fsp3) is 0. The highest BCUT2D eigenvalue weighted by Gasteiger charge is 2.22. The van der Waals surface area contributed by atoms with Gasteiger partial charge in [-0.1, -0.05) is 152 Å². The molecule has 2 heterocycles. The standard InChI is InChI=1S/C56H34N2/c1-2-15-41(16-3-1)57-52-22-7-6-19-45(52)51-33-39(26-30-53(51)57)40-25-28-46-49-29-23-35-11-4-5-18-43(35)56(49)58(54(46)34-40)42-17-8-14-37(31-42)38-24-27-44-47-20-9-12-36-13-10-21-48(55(36)47)50(44)32-38/h1-34H. The predicted octanol–water partition coefficient (Wildman–Crippen LogP) is 15.2. The predicted molar refractivity (Wildman–Crippen MR) is 245 cm³/mol. The topological polar surface area (TPSA) is 9.86 Å². The third-order valence-electron chi connectivity index (χ3n) is 12.6. The van der Waals surface area contributed by atoms with Gasteiger partial charge in [0.15, 0.2) is 0 Å². The maximum Gasteiger partial charge on any atom is 0.0619 e. The summed E-state index contributed by atoms with van der Waals surface area (Å²) in [5.74, 6) is 0. The van der Waals surface area contributed by atoms with E-state index in [0.717, 1.165) is 5.69 Å². The van der Waals surface area contributed by atoms with E-state index < -0.39 is 0 Å². The number of para-hydroxylation sites is 2. The van der Waals surface area contributed by atoms with Gasteiger partial charge >= 0.3 is 0 Å². The molecule has 0 saturated heterocycles. The third-order valence-corrected chi connectivity index (χ3v) is 12.6. The number of hydrogen-bond acceptors (Lipinski definition) is 0. The quantitative estimate of drug-likeness (QED) is 0.170. The van der Waals surface area contributed by atoms with Gasteiger partial charge in [-0.2, -0.15) is 0 Å². The summed E-state index contributed by atoms with van der Waals surface area (Å²) in [5.41, 5.74) is 17.3. The molecule has 0 bridgehead atoms. The molecular weight excluding hydrogens is 701 g/mol. The lowest BCUT2D eigenvalue weighted by molar-refractivity contribution is 1.18. The van der Waals surface area contributed by atoms with Crippen molar-refractivity contribution in [1.82, 2.24) is 9.13 Å². The van der Waals surface area contributed by atoms with E-state index in [-0.39, 0.29) is 0 Å². The molecule has 0 amide bonds. The Morgan fingerprint density at radius 3 is 1.78 bits per heavy atom. The molecule has 2 nitrogen and oxygen atoms in total. The molecule has 0 saturated carbocycles. The van der Waals surface area contributed by atoms with Crippen molar-refractivity contribution in [3.05, 3.63) is 206 Å². The molecule has 268 valence electrons. The second-order valence-corrected chi connectivity index (χ2v) is 15.7. The fourth-order valence-electron chi connectivity index (χ4n) is 10.0. The largest absolute Gasteiger partial charge is 0.309 e. The monoisotopic (exact) mass is 734 g/mol. The summed E-state index contributed by atoms with van der Waals surface area (Å²) in [4.78, 5) is 0. The van der Waals surface area contributed by atoms with Crippen LogP contribution in [-0.4, -0.2) is 9.13 Å². The molecule has 0 unspecified atom stereocenters. The Hall–Kier alpha value is -7.68. The molecule has 0 fully saturated rings. The molecule has 1 aliphatic carbocycles. The second kappa shape index (κ2) is 11.9. The van der Waals surface area contributed by atoms with Crippen LogP contribution in [0.3, 0.4) is 0 Å². The Morgan fingerprint density at radius 1 is 0.259 bits per heavy atom. The maximum atomic E-state index is 2.50. The molecule has 12 aromatic rings. The van der Waals surface area contributed by atoms with Crippen molar-refractivity contribution in [1.29, 1.82) is 0 Å². The lowest BCUT2D eigenvalue weighted by Gasteiger charge is -2.13. The minimum absolute atomic E-state index is 1.15. The zero-order chi connectivity index (χ0) is 37.9. The summed E-state index contributed by atoms with van der Waals surface area (Å²) in [7, 11) is 0. The highest BCUT2D eigenvalue weighted by atomic mass is 15.0. The summed E-state index contributed by atoms with van der Waals surface area (Å²) >= 11 is 0. The molecule has 1 aliphatic rings. The first-order valence-electron chi connectivity index (χ1n) is 20.1. The summed E-state index contributed by atoms with van der Waals surface area (Å²) in [6.07, 6.45) is 0. The van der Waals surface area contributed by atoms with Crippen molar-refractivity contribution in [2.75, 3.05) is 0 Å². The smallest absolute Gasteiger partial charge is 0.0619 e. The van der Waals surface area contributed by atoms with Crippen LogP contribution in [0.4, 0.5) is 0 Å². The minimum Gasteiger partial charge on any atom is -0.309 e. The summed E-state index contributed by atoms with van der Waals surface area (Å²) < 4.78 is 4.89. The Kier molecular flexibility index (Phi) is 6.47. The van der Waals surface area contributed by atoms with Gasteiger partial charge < -0.3 is 9.13 Å². The van der Waals surface area contributed by atoms with Crippen LogP contribution in [0.15, 0.2) is 206 Å². The number of fused-ring (bicyclic) bond motifs is 11. The van der Waals surface area contributed by atoms with Crippen LogP contribution in [0.25, 0.3) is 121 Å². The molecule has 0 N–H and O–H groups in total. The molecule has 10 aromatic carbocycles. The fourth-order valence-corrected chi connectivity index (χ4v) is 10.0. The van der Waals surface area contributed by atoms with Crippen LogP contribution in [0.2, 0.25) is 0 Å².